The smallest absolute Gasteiger partial charge is 0.148 e. The molecule has 2 N–H and O–H groups in total. The average Bonchev–Trinajstić information content (AvgIpc) is 3.27. The molecule has 0 spiro atoms. The molecule has 0 saturated heterocycles. The van der Waals surface area contributed by atoms with Crippen molar-refractivity contribution < 1.29 is 4.74 Å². The Morgan fingerprint density at radius 3 is 2.67 bits per heavy atom. The van der Waals surface area contributed by atoms with Crippen LogP contribution in [0, 0.1) is 0 Å². The van der Waals surface area contributed by atoms with E-state index in [1.165, 1.54) is 18.4 Å². The molecule has 0 radical (unpaired) electrons. The number of hydrogen-bond donors (Lipinski definition) is 1. The van der Waals surface area contributed by atoms with Crippen molar-refractivity contribution >= 4 is 16.7 Å². The van der Waals surface area contributed by atoms with E-state index in [2.05, 4.69) is 22.8 Å². The first-order valence-electron chi connectivity index (χ1n) is 7.26. The summed E-state index contributed by atoms with van der Waals surface area (Å²) in [5, 5.41) is 0. The number of anilines is 1. The first-order valence-corrected chi connectivity index (χ1v) is 7.26. The van der Waals surface area contributed by atoms with Crippen molar-refractivity contribution in [2.45, 2.75) is 25.5 Å². The SMILES string of the molecule is Nc1ccccc1OCc1nc2ccccc2n1C1CC1. The zero-order chi connectivity index (χ0) is 14.2. The molecular formula is C17H17N3O. The summed E-state index contributed by atoms with van der Waals surface area (Å²) in [5.74, 6) is 1.69. The molecule has 21 heavy (non-hydrogen) atoms. The number of nitrogens with zero attached hydrogens (tertiary/aromatic N) is 2. The Morgan fingerprint density at radius 1 is 1.10 bits per heavy atom. The van der Waals surface area contributed by atoms with E-state index in [9.17, 15) is 0 Å². The van der Waals surface area contributed by atoms with Crippen molar-refractivity contribution in [1.82, 2.24) is 9.55 Å². The van der Waals surface area contributed by atoms with Crippen LogP contribution < -0.4 is 10.5 Å². The fourth-order valence-electron chi connectivity index (χ4n) is 2.69. The number of nitrogens with two attached hydrogens (primary N) is 1. The van der Waals surface area contributed by atoms with Gasteiger partial charge in [-0.15, -0.1) is 0 Å². The Kier molecular flexibility index (Phi) is 2.81. The molecule has 2 aromatic carbocycles. The van der Waals surface area contributed by atoms with Gasteiger partial charge in [-0.3, -0.25) is 0 Å². The second-order valence-corrected chi connectivity index (χ2v) is 5.44. The molecule has 106 valence electrons. The van der Waals surface area contributed by atoms with Crippen LogP contribution in [0.2, 0.25) is 0 Å². The van der Waals surface area contributed by atoms with Crippen LogP contribution in [-0.4, -0.2) is 9.55 Å². The van der Waals surface area contributed by atoms with Crippen LogP contribution in [0.4, 0.5) is 5.69 Å². The highest BCUT2D eigenvalue weighted by molar-refractivity contribution is 5.76. The van der Waals surface area contributed by atoms with Gasteiger partial charge in [0.25, 0.3) is 0 Å². The van der Waals surface area contributed by atoms with Crippen LogP contribution in [0.5, 0.6) is 5.75 Å². The minimum atomic E-state index is 0.444. The molecule has 1 saturated carbocycles. The number of para-hydroxylation sites is 4. The Balaban J connectivity index is 1.67. The number of benzene rings is 2. The van der Waals surface area contributed by atoms with Crippen molar-refractivity contribution in [2.24, 2.45) is 0 Å². The van der Waals surface area contributed by atoms with Crippen molar-refractivity contribution in [3.05, 3.63) is 54.4 Å². The largest absolute Gasteiger partial charge is 0.484 e. The minimum absolute atomic E-state index is 0.444. The average molecular weight is 279 g/mol. The molecule has 1 aromatic heterocycles. The van der Waals surface area contributed by atoms with Gasteiger partial charge in [0.2, 0.25) is 0 Å². The maximum absolute atomic E-state index is 5.92. The number of nitrogen functional groups attached to an aromatic ring is 1. The lowest BCUT2D eigenvalue weighted by Crippen LogP contribution is -2.06. The maximum atomic E-state index is 5.92. The van der Waals surface area contributed by atoms with Gasteiger partial charge in [0.1, 0.15) is 18.2 Å². The predicted octanol–water partition coefficient (Wildman–Crippen LogP) is 3.53. The van der Waals surface area contributed by atoms with Crippen molar-refractivity contribution in [3.63, 3.8) is 0 Å². The van der Waals surface area contributed by atoms with Gasteiger partial charge in [0.05, 0.1) is 16.7 Å². The number of fused-ring (bicyclic) bond motifs is 1. The third-order valence-electron chi connectivity index (χ3n) is 3.86. The van der Waals surface area contributed by atoms with E-state index in [-0.39, 0.29) is 0 Å². The number of hydrogen-bond acceptors (Lipinski definition) is 3. The Bertz CT molecular complexity index is 790. The molecule has 4 heteroatoms. The molecule has 1 aliphatic carbocycles. The molecule has 4 nitrogen and oxygen atoms in total. The van der Waals surface area contributed by atoms with E-state index in [1.807, 2.05) is 30.3 Å². The molecule has 4 rings (SSSR count). The molecule has 1 heterocycles. The van der Waals surface area contributed by atoms with E-state index in [0.29, 0.717) is 24.1 Å². The number of rotatable bonds is 4. The summed E-state index contributed by atoms with van der Waals surface area (Å²) in [7, 11) is 0. The molecular weight excluding hydrogens is 262 g/mol. The van der Waals surface area contributed by atoms with Crippen LogP contribution in [-0.2, 0) is 6.61 Å². The molecule has 0 unspecified atom stereocenters. The van der Waals surface area contributed by atoms with Crippen molar-refractivity contribution in [3.8, 4) is 5.75 Å². The number of aromatic nitrogens is 2. The number of imidazole rings is 1. The van der Waals surface area contributed by atoms with Gasteiger partial charge in [-0.25, -0.2) is 4.98 Å². The molecule has 0 atom stereocenters. The second kappa shape index (κ2) is 4.81. The Hall–Kier alpha value is -2.49. The molecule has 1 fully saturated rings. The lowest BCUT2D eigenvalue weighted by Gasteiger charge is -2.10. The highest BCUT2D eigenvalue weighted by Crippen LogP contribution is 2.38. The van der Waals surface area contributed by atoms with Crippen LogP contribution in [0.25, 0.3) is 11.0 Å². The molecule has 0 bridgehead atoms. The Labute approximate surface area is 123 Å². The van der Waals surface area contributed by atoms with Crippen molar-refractivity contribution in [1.29, 1.82) is 0 Å². The van der Waals surface area contributed by atoms with Crippen molar-refractivity contribution in [2.75, 3.05) is 5.73 Å². The topological polar surface area (TPSA) is 53.1 Å². The third-order valence-corrected chi connectivity index (χ3v) is 3.86. The zero-order valence-electron chi connectivity index (χ0n) is 11.7. The maximum Gasteiger partial charge on any atom is 0.148 e. The molecule has 0 aliphatic heterocycles. The fraction of sp³-hybridized carbons (Fsp3) is 0.235. The predicted molar refractivity (Wildman–Crippen MR) is 83.2 cm³/mol. The summed E-state index contributed by atoms with van der Waals surface area (Å²) in [6.07, 6.45) is 2.45. The van der Waals surface area contributed by atoms with E-state index in [1.54, 1.807) is 0 Å². The van der Waals surface area contributed by atoms with Crippen LogP contribution in [0.1, 0.15) is 24.7 Å². The monoisotopic (exact) mass is 279 g/mol. The zero-order valence-corrected chi connectivity index (χ0v) is 11.7. The third kappa shape index (κ3) is 2.23. The number of ether oxygens (including phenoxy) is 1. The summed E-state index contributed by atoms with van der Waals surface area (Å²) in [6, 6.07) is 16.4. The van der Waals surface area contributed by atoms with Gasteiger partial charge >= 0.3 is 0 Å². The van der Waals surface area contributed by atoms with Crippen LogP contribution in [0.15, 0.2) is 48.5 Å². The lowest BCUT2D eigenvalue weighted by atomic mass is 10.3. The fourth-order valence-corrected chi connectivity index (χ4v) is 2.69. The first-order chi connectivity index (χ1) is 10.3. The van der Waals surface area contributed by atoms with E-state index < -0.39 is 0 Å². The molecule has 1 aliphatic rings. The van der Waals surface area contributed by atoms with Gasteiger partial charge in [0, 0.05) is 6.04 Å². The van der Waals surface area contributed by atoms with Gasteiger partial charge in [-0.2, -0.15) is 0 Å². The van der Waals surface area contributed by atoms with Crippen LogP contribution >= 0.6 is 0 Å². The van der Waals surface area contributed by atoms with Crippen LogP contribution in [0.3, 0.4) is 0 Å². The highest BCUT2D eigenvalue weighted by Gasteiger charge is 2.28. The normalized spacial score (nSPS) is 14.5. The Morgan fingerprint density at radius 2 is 1.86 bits per heavy atom. The minimum Gasteiger partial charge on any atom is -0.484 e. The van der Waals surface area contributed by atoms with Gasteiger partial charge < -0.3 is 15.0 Å². The summed E-state index contributed by atoms with van der Waals surface area (Å²) in [4.78, 5) is 4.72. The van der Waals surface area contributed by atoms with E-state index >= 15 is 0 Å². The second-order valence-electron chi connectivity index (χ2n) is 5.44. The standard InChI is InChI=1S/C17H17N3O/c18-13-5-1-4-8-16(13)21-11-17-19-14-6-2-3-7-15(14)20(17)12-9-10-12/h1-8,12H,9-11,18H2. The van der Waals surface area contributed by atoms with Gasteiger partial charge in [0.15, 0.2) is 0 Å². The molecule has 3 aromatic rings. The summed E-state index contributed by atoms with van der Waals surface area (Å²) in [5.41, 5.74) is 8.80. The summed E-state index contributed by atoms with van der Waals surface area (Å²) >= 11 is 0. The van der Waals surface area contributed by atoms with Gasteiger partial charge in [-0.1, -0.05) is 24.3 Å². The quantitative estimate of drug-likeness (QED) is 0.743. The van der Waals surface area contributed by atoms with E-state index in [0.717, 1.165) is 11.3 Å². The van der Waals surface area contributed by atoms with E-state index in [4.69, 9.17) is 15.5 Å². The first kappa shape index (κ1) is 12.3. The summed E-state index contributed by atoms with van der Waals surface area (Å²) < 4.78 is 8.18. The molecule has 0 amide bonds. The lowest BCUT2D eigenvalue weighted by molar-refractivity contribution is 0.292. The van der Waals surface area contributed by atoms with Gasteiger partial charge in [-0.05, 0) is 37.1 Å². The highest BCUT2D eigenvalue weighted by atomic mass is 16.5. The summed E-state index contributed by atoms with van der Waals surface area (Å²) in [6.45, 7) is 0.444.